The van der Waals surface area contributed by atoms with Crippen molar-refractivity contribution < 1.29 is 9.53 Å². The summed E-state index contributed by atoms with van der Waals surface area (Å²) in [6, 6.07) is 7.20. The molecule has 138 valence electrons. The van der Waals surface area contributed by atoms with Gasteiger partial charge in [0.15, 0.2) is 5.01 Å². The maximum Gasteiger partial charge on any atom is 0.341 e. The lowest BCUT2D eigenvalue weighted by Gasteiger charge is -2.09. The summed E-state index contributed by atoms with van der Waals surface area (Å²) in [5.74, 6) is -0.422. The van der Waals surface area contributed by atoms with Gasteiger partial charge in [-0.3, -0.25) is 4.79 Å². The molecule has 7 nitrogen and oxygen atoms in total. The van der Waals surface area contributed by atoms with Crippen LogP contribution in [0.15, 0.2) is 34.4 Å². The maximum absolute atomic E-state index is 12.6. The van der Waals surface area contributed by atoms with Gasteiger partial charge in [0.25, 0.3) is 5.56 Å². The minimum Gasteiger partial charge on any atom is -0.455 e. The van der Waals surface area contributed by atoms with E-state index >= 15 is 0 Å². The quantitative estimate of drug-likeness (QED) is 0.491. The first-order valence-electron chi connectivity index (χ1n) is 8.20. The van der Waals surface area contributed by atoms with Crippen LogP contribution in [0, 0.1) is 20.8 Å². The second kappa shape index (κ2) is 6.75. The van der Waals surface area contributed by atoms with Gasteiger partial charge >= 0.3 is 5.97 Å². The van der Waals surface area contributed by atoms with Gasteiger partial charge in [0.1, 0.15) is 11.6 Å². The zero-order valence-electron chi connectivity index (χ0n) is 14.9. The molecule has 0 aliphatic rings. The van der Waals surface area contributed by atoms with E-state index in [2.05, 4.69) is 10.1 Å². The number of hydrogen-bond acceptors (Lipinski definition) is 7. The van der Waals surface area contributed by atoms with Crippen LogP contribution >= 0.6 is 22.7 Å². The van der Waals surface area contributed by atoms with Gasteiger partial charge < -0.3 is 9.30 Å². The van der Waals surface area contributed by atoms with Crippen LogP contribution in [-0.4, -0.2) is 25.1 Å². The number of fused-ring (bicyclic) bond motifs is 1. The Morgan fingerprint density at radius 2 is 1.93 bits per heavy atom. The highest BCUT2D eigenvalue weighted by atomic mass is 32.1. The highest BCUT2D eigenvalue weighted by Crippen LogP contribution is 2.27. The van der Waals surface area contributed by atoms with Crippen molar-refractivity contribution in [1.82, 2.24) is 19.2 Å². The molecule has 0 aliphatic heterocycles. The lowest BCUT2D eigenvalue weighted by atomic mass is 10.3. The van der Waals surface area contributed by atoms with E-state index in [1.54, 1.807) is 13.0 Å². The van der Waals surface area contributed by atoms with Crippen molar-refractivity contribution in [3.05, 3.63) is 67.7 Å². The average molecular weight is 400 g/mol. The Bertz CT molecular complexity index is 1200. The lowest BCUT2D eigenvalue weighted by Crippen LogP contribution is -2.14. The molecule has 4 rings (SSSR count). The second-order valence-electron chi connectivity index (χ2n) is 6.09. The van der Waals surface area contributed by atoms with Crippen LogP contribution < -0.4 is 5.56 Å². The molecule has 0 amide bonds. The zero-order valence-corrected chi connectivity index (χ0v) is 16.6. The molecule has 27 heavy (non-hydrogen) atoms. The zero-order chi connectivity index (χ0) is 19.1. The van der Waals surface area contributed by atoms with Crippen molar-refractivity contribution in [3.63, 3.8) is 0 Å². The third-order valence-corrected chi connectivity index (χ3v) is 5.86. The Hall–Kier alpha value is -2.78. The number of aryl methyl sites for hydroxylation is 3. The Morgan fingerprint density at radius 1 is 1.19 bits per heavy atom. The Morgan fingerprint density at radius 3 is 2.67 bits per heavy atom. The largest absolute Gasteiger partial charge is 0.455 e. The Labute approximate surface area is 162 Å². The normalized spacial score (nSPS) is 11.2. The van der Waals surface area contributed by atoms with Crippen LogP contribution in [0.2, 0.25) is 0 Å². The molecule has 0 unspecified atom stereocenters. The van der Waals surface area contributed by atoms with Gasteiger partial charge in [-0.15, -0.1) is 11.3 Å². The van der Waals surface area contributed by atoms with E-state index in [4.69, 9.17) is 4.74 Å². The van der Waals surface area contributed by atoms with Gasteiger partial charge in [0, 0.05) is 23.1 Å². The number of hydrogen-bond donors (Lipinski definition) is 0. The fourth-order valence-corrected chi connectivity index (χ4v) is 4.70. The summed E-state index contributed by atoms with van der Waals surface area (Å²) in [6.45, 7) is 5.74. The highest BCUT2D eigenvalue weighted by molar-refractivity contribution is 7.16. The van der Waals surface area contributed by atoms with E-state index in [-0.39, 0.29) is 12.2 Å². The van der Waals surface area contributed by atoms with Crippen molar-refractivity contribution in [3.8, 4) is 5.00 Å². The summed E-state index contributed by atoms with van der Waals surface area (Å²) in [7, 11) is 0. The second-order valence-corrected chi connectivity index (χ2v) is 8.03. The monoisotopic (exact) mass is 400 g/mol. The number of carbonyl (C=O) groups is 1. The smallest absolute Gasteiger partial charge is 0.341 e. The molecule has 0 saturated heterocycles. The van der Waals surface area contributed by atoms with E-state index in [0.717, 1.165) is 16.4 Å². The maximum atomic E-state index is 12.6. The van der Waals surface area contributed by atoms with Gasteiger partial charge in [-0.1, -0.05) is 11.3 Å². The molecule has 0 spiro atoms. The molecule has 0 aromatic carbocycles. The summed E-state index contributed by atoms with van der Waals surface area (Å²) >= 11 is 2.72. The first-order chi connectivity index (χ1) is 12.9. The molecule has 0 N–H and O–H groups in total. The molecule has 0 fully saturated rings. The first kappa shape index (κ1) is 17.6. The molecule has 4 aromatic heterocycles. The van der Waals surface area contributed by atoms with Crippen molar-refractivity contribution in [2.75, 3.05) is 0 Å². The van der Waals surface area contributed by atoms with Crippen molar-refractivity contribution in [2.24, 2.45) is 0 Å². The number of esters is 1. The molecule has 0 aliphatic carbocycles. The highest BCUT2D eigenvalue weighted by Gasteiger charge is 2.19. The number of aromatic nitrogens is 4. The average Bonchev–Trinajstić information content (AvgIpc) is 3.31. The molecule has 0 atom stereocenters. The minimum absolute atomic E-state index is 0.00965. The van der Waals surface area contributed by atoms with Crippen molar-refractivity contribution >= 4 is 33.6 Å². The van der Waals surface area contributed by atoms with E-state index in [0.29, 0.717) is 21.2 Å². The van der Waals surface area contributed by atoms with E-state index in [1.807, 2.05) is 35.9 Å². The third kappa shape index (κ3) is 3.19. The van der Waals surface area contributed by atoms with E-state index in [1.165, 1.54) is 33.3 Å². The van der Waals surface area contributed by atoms with Crippen LogP contribution in [-0.2, 0) is 11.3 Å². The van der Waals surface area contributed by atoms with E-state index < -0.39 is 5.97 Å². The molecular formula is C18H16N4O3S2. The number of rotatable bonds is 4. The van der Waals surface area contributed by atoms with E-state index in [9.17, 15) is 9.59 Å². The molecule has 9 heteroatoms. The third-order valence-electron chi connectivity index (χ3n) is 4.08. The summed E-state index contributed by atoms with van der Waals surface area (Å²) in [6.07, 6.45) is 0. The fraction of sp³-hybridized carbons (Fsp3) is 0.222. The van der Waals surface area contributed by atoms with Crippen LogP contribution in [0.1, 0.15) is 32.4 Å². The molecular weight excluding hydrogens is 384 g/mol. The van der Waals surface area contributed by atoms with Gasteiger partial charge in [0.05, 0.1) is 5.56 Å². The number of ether oxygens (including phenoxy) is 1. The Kier molecular flexibility index (Phi) is 4.40. The van der Waals surface area contributed by atoms with Crippen LogP contribution in [0.3, 0.4) is 0 Å². The summed E-state index contributed by atoms with van der Waals surface area (Å²) < 4.78 is 8.71. The standard InChI is InChI=1S/C18H16N4O3S2/c1-10-8-15(23)22-18(19-10)27-14(20-22)9-25-17(24)13-6-7-26-16(13)21-11(2)4-5-12(21)3/h4-8H,9H2,1-3H3. The molecule has 0 bridgehead atoms. The van der Waals surface area contributed by atoms with Crippen molar-refractivity contribution in [2.45, 2.75) is 27.4 Å². The number of carbonyl (C=O) groups excluding carboxylic acids is 1. The fourth-order valence-electron chi connectivity index (χ4n) is 2.84. The van der Waals surface area contributed by atoms with Gasteiger partial charge in [-0.25, -0.2) is 9.78 Å². The van der Waals surface area contributed by atoms with Crippen LogP contribution in [0.25, 0.3) is 9.96 Å². The SMILES string of the molecule is Cc1cc(=O)n2nc(COC(=O)c3ccsc3-n3c(C)ccc3C)sc2n1. The van der Waals surface area contributed by atoms with Crippen LogP contribution in [0.5, 0.6) is 0 Å². The predicted molar refractivity (Wildman–Crippen MR) is 104 cm³/mol. The number of nitrogens with zero attached hydrogens (tertiary/aromatic N) is 4. The lowest BCUT2D eigenvalue weighted by molar-refractivity contribution is 0.0472. The summed E-state index contributed by atoms with van der Waals surface area (Å²) in [5, 5.41) is 7.41. The molecule has 0 saturated carbocycles. The molecule has 4 heterocycles. The topological polar surface area (TPSA) is 78.5 Å². The first-order valence-corrected chi connectivity index (χ1v) is 9.90. The summed E-state index contributed by atoms with van der Waals surface area (Å²) in [5.41, 5.74) is 3.00. The number of thiophene rings is 1. The van der Waals surface area contributed by atoms with Gasteiger partial charge in [0.2, 0.25) is 4.96 Å². The van der Waals surface area contributed by atoms with Gasteiger partial charge in [-0.2, -0.15) is 9.61 Å². The minimum atomic E-state index is -0.422. The van der Waals surface area contributed by atoms with Gasteiger partial charge in [-0.05, 0) is 44.4 Å². The Balaban J connectivity index is 1.57. The predicted octanol–water partition coefficient (Wildman–Crippen LogP) is 3.29. The van der Waals surface area contributed by atoms with Crippen LogP contribution in [0.4, 0.5) is 0 Å². The summed E-state index contributed by atoms with van der Waals surface area (Å²) in [4.78, 5) is 29.3. The molecule has 0 radical (unpaired) electrons. The molecule has 4 aromatic rings. The van der Waals surface area contributed by atoms with Crippen molar-refractivity contribution in [1.29, 1.82) is 0 Å².